The highest BCUT2D eigenvalue weighted by Crippen LogP contribution is 2.23. The molecule has 10 heteroatoms. The number of nitrogens with one attached hydrogen (secondary N) is 1. The first-order valence-electron chi connectivity index (χ1n) is 19.7. The van der Waals surface area contributed by atoms with Crippen molar-refractivity contribution >= 4 is 5.91 Å². The maximum Gasteiger partial charge on any atom is 0.220 e. The minimum Gasteiger partial charge on any atom is -0.394 e. The number of aliphatic hydroxyl groups is 6. The second kappa shape index (κ2) is 28.8. The van der Waals surface area contributed by atoms with E-state index in [9.17, 15) is 35.4 Å². The van der Waals surface area contributed by atoms with Crippen LogP contribution in [0.4, 0.5) is 0 Å². The Hall–Kier alpha value is -0.850. The summed E-state index contributed by atoms with van der Waals surface area (Å²) in [7, 11) is 0. The summed E-state index contributed by atoms with van der Waals surface area (Å²) in [5.74, 6) is 0.191. The van der Waals surface area contributed by atoms with Gasteiger partial charge in [-0.1, -0.05) is 149 Å². The molecular formula is C38H75NO9. The summed E-state index contributed by atoms with van der Waals surface area (Å²) in [5.41, 5.74) is 0. The van der Waals surface area contributed by atoms with Crippen LogP contribution in [0.2, 0.25) is 0 Å². The third-order valence-electron chi connectivity index (χ3n) is 9.73. The monoisotopic (exact) mass is 690 g/mol. The summed E-state index contributed by atoms with van der Waals surface area (Å²) in [4.78, 5) is 12.8. The second-order valence-corrected chi connectivity index (χ2v) is 14.7. The van der Waals surface area contributed by atoms with Gasteiger partial charge in [-0.2, -0.15) is 0 Å². The fourth-order valence-electron chi connectivity index (χ4n) is 6.45. The molecule has 0 aromatic heterocycles. The Bertz CT molecular complexity index is 756. The lowest BCUT2D eigenvalue weighted by Crippen LogP contribution is -2.60. The van der Waals surface area contributed by atoms with Crippen molar-refractivity contribution in [1.82, 2.24) is 5.32 Å². The average molecular weight is 690 g/mol. The summed E-state index contributed by atoms with van der Waals surface area (Å²) >= 11 is 0. The highest BCUT2D eigenvalue weighted by atomic mass is 16.7. The van der Waals surface area contributed by atoms with Crippen molar-refractivity contribution in [2.24, 2.45) is 5.92 Å². The van der Waals surface area contributed by atoms with Crippen LogP contribution in [0.3, 0.4) is 0 Å². The van der Waals surface area contributed by atoms with Gasteiger partial charge in [-0.3, -0.25) is 4.79 Å². The summed E-state index contributed by atoms with van der Waals surface area (Å²) in [6.07, 6.45) is 16.8. The minimum atomic E-state index is -1.60. The predicted octanol–water partition coefficient (Wildman–Crippen LogP) is 5.66. The molecule has 48 heavy (non-hydrogen) atoms. The van der Waals surface area contributed by atoms with Gasteiger partial charge in [-0.15, -0.1) is 0 Å². The SMILES string of the molecule is CCCCCCCCCCCCCCCCCCCCCC(=O)N[C@@H](CO[C@H]1O[C@H](CO)[C@H](O)[C@H](O)[C@H]1O)[C@H](O)[C@H](O)CCCC(C)C. The minimum absolute atomic E-state index is 0.266. The Balaban J connectivity index is 2.29. The Morgan fingerprint density at radius 2 is 1.17 bits per heavy atom. The van der Waals surface area contributed by atoms with Crippen LogP contribution in [0.5, 0.6) is 0 Å². The molecule has 0 radical (unpaired) electrons. The summed E-state index contributed by atoms with van der Waals surface area (Å²) in [6.45, 7) is 5.53. The van der Waals surface area contributed by atoms with E-state index >= 15 is 0 Å². The molecule has 1 rings (SSSR count). The van der Waals surface area contributed by atoms with Crippen molar-refractivity contribution < 1.29 is 44.9 Å². The number of rotatable bonds is 31. The molecular weight excluding hydrogens is 614 g/mol. The molecule has 8 atom stereocenters. The number of hydrogen-bond donors (Lipinski definition) is 7. The van der Waals surface area contributed by atoms with Crippen LogP contribution in [0.15, 0.2) is 0 Å². The van der Waals surface area contributed by atoms with Gasteiger partial charge >= 0.3 is 0 Å². The predicted molar refractivity (Wildman–Crippen MR) is 190 cm³/mol. The highest BCUT2D eigenvalue weighted by molar-refractivity contribution is 5.76. The Morgan fingerprint density at radius 3 is 1.62 bits per heavy atom. The number of carbonyl (C=O) groups is 1. The lowest BCUT2D eigenvalue weighted by Gasteiger charge is -2.40. The number of unbranched alkanes of at least 4 members (excludes halogenated alkanes) is 18. The summed E-state index contributed by atoms with van der Waals surface area (Å²) < 4.78 is 11.0. The fourth-order valence-corrected chi connectivity index (χ4v) is 6.45. The molecule has 1 heterocycles. The van der Waals surface area contributed by atoms with Crippen molar-refractivity contribution in [2.45, 2.75) is 217 Å². The molecule has 0 unspecified atom stereocenters. The Morgan fingerprint density at radius 1 is 0.688 bits per heavy atom. The van der Waals surface area contributed by atoms with Crippen LogP contribution in [0, 0.1) is 5.92 Å². The molecule has 286 valence electrons. The molecule has 1 saturated heterocycles. The maximum absolute atomic E-state index is 12.8. The van der Waals surface area contributed by atoms with Gasteiger partial charge in [0.1, 0.15) is 30.5 Å². The van der Waals surface area contributed by atoms with E-state index in [0.29, 0.717) is 18.8 Å². The molecule has 1 aliphatic heterocycles. The van der Waals surface area contributed by atoms with E-state index in [4.69, 9.17) is 9.47 Å². The topological polar surface area (TPSA) is 169 Å². The van der Waals surface area contributed by atoms with Gasteiger partial charge in [0.15, 0.2) is 6.29 Å². The number of hydrogen-bond acceptors (Lipinski definition) is 9. The molecule has 0 aromatic rings. The van der Waals surface area contributed by atoms with Crippen LogP contribution in [-0.4, -0.2) is 98.7 Å². The quantitative estimate of drug-likeness (QED) is 0.0455. The summed E-state index contributed by atoms with van der Waals surface area (Å²) in [6, 6.07) is -0.987. The number of aliphatic hydroxyl groups excluding tert-OH is 6. The lowest BCUT2D eigenvalue weighted by molar-refractivity contribution is -0.303. The number of amides is 1. The number of carbonyl (C=O) groups excluding carboxylic acids is 1. The van der Waals surface area contributed by atoms with E-state index in [0.717, 1.165) is 32.1 Å². The van der Waals surface area contributed by atoms with Gasteiger partial charge in [0.25, 0.3) is 0 Å². The first-order chi connectivity index (χ1) is 23.1. The zero-order valence-corrected chi connectivity index (χ0v) is 30.8. The van der Waals surface area contributed by atoms with Crippen molar-refractivity contribution in [3.8, 4) is 0 Å². The van der Waals surface area contributed by atoms with Crippen LogP contribution in [0.25, 0.3) is 0 Å². The molecule has 1 aliphatic rings. The maximum atomic E-state index is 12.8. The van der Waals surface area contributed by atoms with Gasteiger partial charge in [0.2, 0.25) is 5.91 Å². The third kappa shape index (κ3) is 20.7. The summed E-state index contributed by atoms with van der Waals surface area (Å²) in [5, 5.41) is 64.2. The zero-order valence-electron chi connectivity index (χ0n) is 30.8. The molecule has 1 amide bonds. The molecule has 0 spiro atoms. The smallest absolute Gasteiger partial charge is 0.220 e. The van der Waals surface area contributed by atoms with E-state index in [2.05, 4.69) is 26.1 Å². The van der Waals surface area contributed by atoms with Crippen LogP contribution >= 0.6 is 0 Å². The molecule has 0 bridgehead atoms. The van der Waals surface area contributed by atoms with Gasteiger partial charge in [0, 0.05) is 6.42 Å². The van der Waals surface area contributed by atoms with Crippen LogP contribution < -0.4 is 5.32 Å². The average Bonchev–Trinajstić information content (AvgIpc) is 3.06. The Kier molecular flexibility index (Phi) is 27.1. The third-order valence-corrected chi connectivity index (χ3v) is 9.73. The molecule has 0 aromatic carbocycles. The van der Waals surface area contributed by atoms with E-state index < -0.39 is 55.6 Å². The van der Waals surface area contributed by atoms with E-state index in [1.165, 1.54) is 96.3 Å². The van der Waals surface area contributed by atoms with E-state index in [1.54, 1.807) is 0 Å². The van der Waals surface area contributed by atoms with Crippen LogP contribution in [-0.2, 0) is 14.3 Å². The first kappa shape index (κ1) is 45.2. The largest absolute Gasteiger partial charge is 0.394 e. The van der Waals surface area contributed by atoms with Gasteiger partial charge in [0.05, 0.1) is 25.4 Å². The first-order valence-corrected chi connectivity index (χ1v) is 19.7. The second-order valence-electron chi connectivity index (χ2n) is 14.7. The zero-order chi connectivity index (χ0) is 35.6. The lowest BCUT2D eigenvalue weighted by atomic mass is 9.97. The number of ether oxygens (including phenoxy) is 2. The molecule has 0 saturated carbocycles. The van der Waals surface area contributed by atoms with Gasteiger partial charge in [-0.25, -0.2) is 0 Å². The molecule has 1 fully saturated rings. The van der Waals surface area contributed by atoms with Gasteiger partial charge < -0.3 is 45.4 Å². The van der Waals surface area contributed by atoms with E-state index in [-0.39, 0.29) is 18.9 Å². The standard InChI is InChI=1S/C38H75NO9/c1-4-5-6-7-8-9-10-11-12-13-14-15-16-17-18-19-20-21-22-26-33(42)39-30(34(43)31(41)25-23-24-29(2)3)28-47-38-37(46)36(45)35(44)32(27-40)48-38/h29-32,34-38,40-41,43-46H,4-28H2,1-3H3,(H,39,42)/t30-,31+,32+,34-,35-,36-,37+,38-/m0/s1. The highest BCUT2D eigenvalue weighted by Gasteiger charge is 2.44. The van der Waals surface area contributed by atoms with Gasteiger partial charge in [-0.05, 0) is 18.8 Å². The normalized spacial score (nSPS) is 23.3. The fraction of sp³-hybridized carbons (Fsp3) is 0.974. The Labute approximate surface area is 292 Å². The van der Waals surface area contributed by atoms with Crippen molar-refractivity contribution in [3.05, 3.63) is 0 Å². The molecule has 0 aliphatic carbocycles. The van der Waals surface area contributed by atoms with Crippen molar-refractivity contribution in [2.75, 3.05) is 13.2 Å². The molecule has 7 N–H and O–H groups in total. The van der Waals surface area contributed by atoms with Crippen LogP contribution in [0.1, 0.15) is 168 Å². The van der Waals surface area contributed by atoms with Crippen molar-refractivity contribution in [1.29, 1.82) is 0 Å². The van der Waals surface area contributed by atoms with Crippen molar-refractivity contribution in [3.63, 3.8) is 0 Å². The molecule has 10 nitrogen and oxygen atoms in total. The van der Waals surface area contributed by atoms with E-state index in [1.807, 2.05) is 0 Å².